The van der Waals surface area contributed by atoms with Crippen molar-refractivity contribution in [2.75, 3.05) is 4.90 Å². The number of aromatic nitrogens is 1. The van der Waals surface area contributed by atoms with Crippen LogP contribution >= 0.6 is 0 Å². The number of rotatable bonds is 10. The Morgan fingerprint density at radius 2 is 1.34 bits per heavy atom. The number of aliphatic hydroxyl groups is 2. The molecule has 64 heavy (non-hydrogen) atoms. The van der Waals surface area contributed by atoms with Crippen LogP contribution in [0.2, 0.25) is 0 Å². The molecule has 1 heterocycles. The van der Waals surface area contributed by atoms with Gasteiger partial charge < -0.3 is 35.2 Å². The van der Waals surface area contributed by atoms with E-state index < -0.39 is 40.4 Å². The number of phenols is 4. The minimum atomic E-state index is -1.15. The van der Waals surface area contributed by atoms with Gasteiger partial charge in [-0.3, -0.25) is 9.69 Å². The average Bonchev–Trinajstić information content (AvgIpc) is 3.45. The van der Waals surface area contributed by atoms with Gasteiger partial charge in [-0.25, -0.2) is 0 Å². The molecule has 7 aromatic rings. The van der Waals surface area contributed by atoms with Gasteiger partial charge in [-0.2, -0.15) is 0 Å². The first-order valence-electron chi connectivity index (χ1n) is 20.7. The van der Waals surface area contributed by atoms with Crippen molar-refractivity contribution in [2.24, 2.45) is 0 Å². The Labute approximate surface area is 371 Å². The van der Waals surface area contributed by atoms with Gasteiger partial charge in [0.1, 0.15) is 13.5 Å². The molecule has 0 bridgehead atoms. The number of hydrogen-bond donors (Lipinski definition) is 6. The van der Waals surface area contributed by atoms with Crippen LogP contribution < -0.4 is 4.90 Å². The first-order chi connectivity index (χ1) is 30.9. The third kappa shape index (κ3) is 7.51. The van der Waals surface area contributed by atoms with E-state index in [4.69, 9.17) is 0 Å². The van der Waals surface area contributed by atoms with E-state index in [9.17, 15) is 35.4 Å². The number of carbonyl (C=O) groups is 1. The van der Waals surface area contributed by atoms with Gasteiger partial charge in [0.25, 0.3) is 5.91 Å². The number of para-hydroxylation sites is 2. The van der Waals surface area contributed by atoms with Crippen molar-refractivity contribution in [3.8, 4) is 34.1 Å². The molecule has 8 rings (SSSR count). The number of aromatic hydroxyl groups is 4. The summed E-state index contributed by atoms with van der Waals surface area (Å²) in [7, 11) is 1.48. The van der Waals surface area contributed by atoms with Gasteiger partial charge >= 0.3 is 0 Å². The van der Waals surface area contributed by atoms with Gasteiger partial charge in [-0.15, -0.1) is 0 Å². The van der Waals surface area contributed by atoms with Crippen molar-refractivity contribution in [2.45, 2.75) is 20.3 Å². The minimum absolute atomic E-state index is 0.0230. The molecule has 316 valence electrons. The summed E-state index contributed by atoms with van der Waals surface area (Å²) >= 11 is 0. The van der Waals surface area contributed by atoms with E-state index in [1.807, 2.05) is 85.0 Å². The van der Waals surface area contributed by atoms with Gasteiger partial charge in [-0.05, 0) is 82.7 Å². The third-order valence-corrected chi connectivity index (χ3v) is 11.5. The molecule has 1 aliphatic rings. The molecule has 0 spiro atoms. The minimum Gasteiger partial charge on any atom is -0.512 e. The highest BCUT2D eigenvalue weighted by atomic mass is 16.3. The number of fused-ring (bicyclic) bond motifs is 4. The van der Waals surface area contributed by atoms with Crippen LogP contribution in [-0.2, 0) is 4.79 Å². The number of hydrogen-bond acceptors (Lipinski definition) is 7. The lowest BCUT2D eigenvalue weighted by atomic mass is 9.81. The second kappa shape index (κ2) is 17.5. The smallest absolute Gasteiger partial charge is 0.297 e. The van der Waals surface area contributed by atoms with Gasteiger partial charge in [0, 0.05) is 34.2 Å². The van der Waals surface area contributed by atoms with E-state index in [-0.39, 0.29) is 33.6 Å². The lowest BCUT2D eigenvalue weighted by molar-refractivity contribution is -0.116. The molecule has 0 atom stereocenters. The number of allylic oxidation sites excluding steroid dienone is 14. The predicted molar refractivity (Wildman–Crippen MR) is 262 cm³/mol. The molecular formula is C54H45BN2O7. The zero-order valence-corrected chi connectivity index (χ0v) is 35.5. The number of phenolic OH excluding ortho intramolecular Hbond substituents is 4. The molecule has 6 N–H and O–H groups in total. The topological polar surface area (TPSA) is 147 Å². The Morgan fingerprint density at radius 3 is 1.97 bits per heavy atom. The molecule has 0 radical (unpaired) electrons. The summed E-state index contributed by atoms with van der Waals surface area (Å²) in [5.41, 5.74) is 4.41. The quantitative estimate of drug-likeness (QED) is 0.0201. The zero-order chi connectivity index (χ0) is 45.2. The van der Waals surface area contributed by atoms with Gasteiger partial charge in [0.2, 0.25) is 0 Å². The lowest BCUT2D eigenvalue weighted by Crippen LogP contribution is -2.29. The molecular weight excluding hydrogens is 799 g/mol. The van der Waals surface area contributed by atoms with E-state index >= 15 is 0 Å². The van der Waals surface area contributed by atoms with Gasteiger partial charge in [-0.1, -0.05) is 140 Å². The van der Waals surface area contributed by atoms with E-state index in [1.54, 1.807) is 55.5 Å². The molecule has 1 aromatic heterocycles. The molecule has 10 heteroatoms. The highest BCUT2D eigenvalue weighted by molar-refractivity contribution is 6.29. The second-order valence-corrected chi connectivity index (χ2v) is 15.4. The molecule has 6 aromatic carbocycles. The molecule has 9 nitrogen and oxygen atoms in total. The van der Waals surface area contributed by atoms with Crippen molar-refractivity contribution in [3.63, 3.8) is 0 Å². The number of anilines is 2. The van der Waals surface area contributed by atoms with Crippen molar-refractivity contribution in [1.82, 2.24) is 4.57 Å². The third-order valence-electron chi connectivity index (χ3n) is 11.5. The Kier molecular flexibility index (Phi) is 11.6. The molecule has 0 aliphatic heterocycles. The molecule has 0 saturated heterocycles. The standard InChI is InChI=1S/C54H45BN2O7/c1-4-5-6-15-32(2)45-49(59)52(62)48(53(63)50(45)60)57(38-29-26-35(27-30-38)40-23-14-17-34-16-7-8-20-39(34)40)54(64)51(61)47(55)46(33(3)58)36-18-13-19-37(31-28-36)56-43-24-11-9-21-41(43)42-22-10-12-25-44(42)56/h4-30,58-63H,2,31,55H2,1,3H3/b5-4-,15-6-,46-33+,51-47-. The highest BCUT2D eigenvalue weighted by Gasteiger charge is 2.34. The van der Waals surface area contributed by atoms with Gasteiger partial charge in [0.15, 0.2) is 28.8 Å². The Balaban J connectivity index is 1.22. The maximum Gasteiger partial charge on any atom is 0.297 e. The summed E-state index contributed by atoms with van der Waals surface area (Å²) in [6.07, 6.45) is 14.4. The number of aliphatic hydroxyl groups excluding tert-OH is 2. The van der Waals surface area contributed by atoms with Crippen molar-refractivity contribution in [1.29, 1.82) is 0 Å². The highest BCUT2D eigenvalue weighted by Crippen LogP contribution is 2.55. The van der Waals surface area contributed by atoms with Crippen LogP contribution in [0.3, 0.4) is 0 Å². The maximum absolute atomic E-state index is 14.9. The summed E-state index contributed by atoms with van der Waals surface area (Å²) < 4.78 is 2.19. The van der Waals surface area contributed by atoms with E-state index in [0.717, 1.165) is 54.3 Å². The Hall–Kier alpha value is -8.37. The fourth-order valence-corrected chi connectivity index (χ4v) is 8.46. The molecule has 1 amide bonds. The lowest BCUT2D eigenvalue weighted by Gasteiger charge is -2.27. The van der Waals surface area contributed by atoms with Crippen molar-refractivity contribution >= 4 is 69.0 Å². The van der Waals surface area contributed by atoms with Crippen LogP contribution in [0, 0.1) is 0 Å². The molecule has 0 saturated carbocycles. The summed E-state index contributed by atoms with van der Waals surface area (Å²) in [4.78, 5) is 15.7. The molecule has 1 aliphatic carbocycles. The Bertz CT molecular complexity index is 3180. The monoisotopic (exact) mass is 844 g/mol. The SMILES string of the molecule is BC(/C(C1=CCC(n2c3ccccc3c3ccccc32)=CC=C1)=C(\C)O)=C(\O)C(=O)N(c1ccc(-c2cccc3ccccc23)cc1)c1c(O)c(O)c(C(=C)/C=C\C=C/C)c(O)c1O. The summed E-state index contributed by atoms with van der Waals surface area (Å²) in [6.45, 7) is 7.12. The van der Waals surface area contributed by atoms with Crippen molar-refractivity contribution < 1.29 is 35.4 Å². The fraction of sp³-hybridized carbons (Fsp3) is 0.0556. The average molecular weight is 845 g/mol. The number of amides is 1. The van der Waals surface area contributed by atoms with E-state index in [2.05, 4.69) is 35.4 Å². The van der Waals surface area contributed by atoms with Crippen molar-refractivity contribution in [3.05, 3.63) is 204 Å². The van der Waals surface area contributed by atoms with Crippen LogP contribution in [0.1, 0.15) is 25.8 Å². The van der Waals surface area contributed by atoms with Gasteiger partial charge in [0.05, 0.1) is 22.4 Å². The van der Waals surface area contributed by atoms with E-state index in [0.29, 0.717) is 12.0 Å². The van der Waals surface area contributed by atoms with E-state index in [1.165, 1.54) is 20.8 Å². The summed E-state index contributed by atoms with van der Waals surface area (Å²) in [5.74, 6) is -5.84. The zero-order valence-electron chi connectivity index (χ0n) is 35.5. The largest absolute Gasteiger partial charge is 0.512 e. The first-order valence-corrected chi connectivity index (χ1v) is 20.7. The summed E-state index contributed by atoms with van der Waals surface area (Å²) in [6, 6.07) is 36.7. The first kappa shape index (κ1) is 42.3. The van der Waals surface area contributed by atoms with Crippen LogP contribution in [0.5, 0.6) is 23.0 Å². The normalized spacial score (nSPS) is 13.8. The Morgan fingerprint density at radius 1 is 0.750 bits per heavy atom. The van der Waals surface area contributed by atoms with Crippen LogP contribution in [-0.4, -0.2) is 49.0 Å². The predicted octanol–water partition coefficient (Wildman–Crippen LogP) is 11.9. The number of benzene rings is 6. The molecule has 0 unspecified atom stereocenters. The summed E-state index contributed by atoms with van der Waals surface area (Å²) in [5, 5.41) is 73.6. The fourth-order valence-electron chi connectivity index (χ4n) is 8.46. The van der Waals surface area contributed by atoms with Crippen LogP contribution in [0.15, 0.2) is 199 Å². The second-order valence-electron chi connectivity index (χ2n) is 15.4. The maximum atomic E-state index is 14.9. The van der Waals surface area contributed by atoms with Crippen LogP contribution in [0.25, 0.3) is 55.0 Å². The van der Waals surface area contributed by atoms with Crippen LogP contribution in [0.4, 0.5) is 11.4 Å². The molecule has 0 fully saturated rings. The number of nitrogens with zero attached hydrogens (tertiary/aromatic N) is 2. The number of carbonyl (C=O) groups excluding carboxylic acids is 1.